The second kappa shape index (κ2) is 6.17. The smallest absolute Gasteiger partial charge is 0.168 e. The first-order valence-electron chi connectivity index (χ1n) is 6.03. The molecular formula is C15H15BrFNO. The van der Waals surface area contributed by atoms with Crippen molar-refractivity contribution in [2.75, 3.05) is 6.54 Å². The van der Waals surface area contributed by atoms with Gasteiger partial charge in [0, 0.05) is 4.47 Å². The van der Waals surface area contributed by atoms with Crippen LogP contribution < -0.4 is 10.5 Å². The average Bonchev–Trinajstić information content (AvgIpc) is 2.38. The number of hydrogen-bond acceptors (Lipinski definition) is 2. The van der Waals surface area contributed by atoms with Crippen molar-refractivity contribution >= 4 is 15.9 Å². The maximum Gasteiger partial charge on any atom is 0.168 e. The average molecular weight is 324 g/mol. The fourth-order valence-corrected chi connectivity index (χ4v) is 2.33. The molecule has 4 heteroatoms. The Labute approximate surface area is 120 Å². The van der Waals surface area contributed by atoms with Crippen LogP contribution in [0.2, 0.25) is 0 Å². The van der Waals surface area contributed by atoms with E-state index in [1.807, 2.05) is 18.2 Å². The first-order chi connectivity index (χ1) is 9.11. The third-order valence-corrected chi connectivity index (χ3v) is 3.56. The molecule has 100 valence electrons. The van der Waals surface area contributed by atoms with Gasteiger partial charge in [-0.2, -0.15) is 0 Å². The molecule has 0 radical (unpaired) electrons. The van der Waals surface area contributed by atoms with Gasteiger partial charge in [0.1, 0.15) is 5.75 Å². The number of ether oxygens (including phenoxy) is 1. The van der Waals surface area contributed by atoms with E-state index in [0.717, 1.165) is 16.5 Å². The molecule has 0 saturated carbocycles. The second-order valence-corrected chi connectivity index (χ2v) is 5.14. The van der Waals surface area contributed by atoms with Gasteiger partial charge in [0.2, 0.25) is 0 Å². The van der Waals surface area contributed by atoms with Gasteiger partial charge >= 0.3 is 0 Å². The molecule has 2 nitrogen and oxygen atoms in total. The maximum absolute atomic E-state index is 13.8. The Hall–Kier alpha value is -1.39. The van der Waals surface area contributed by atoms with E-state index in [4.69, 9.17) is 10.5 Å². The molecule has 2 N–H and O–H groups in total. The van der Waals surface area contributed by atoms with Gasteiger partial charge in [-0.1, -0.05) is 34.1 Å². The SMILES string of the molecule is Cc1cccc(Oc2ccc(CCN)c(Br)c2)c1F. The number of nitrogens with two attached hydrogens (primary N) is 1. The molecule has 0 heterocycles. The van der Waals surface area contributed by atoms with Gasteiger partial charge in [-0.05, 0) is 49.2 Å². The summed E-state index contributed by atoms with van der Waals surface area (Å²) in [5.74, 6) is 0.500. The molecule has 2 rings (SSSR count). The summed E-state index contributed by atoms with van der Waals surface area (Å²) in [4.78, 5) is 0. The number of aryl methyl sites for hydroxylation is 1. The van der Waals surface area contributed by atoms with Crippen molar-refractivity contribution in [1.29, 1.82) is 0 Å². The van der Waals surface area contributed by atoms with E-state index < -0.39 is 0 Å². The van der Waals surface area contributed by atoms with Crippen LogP contribution in [0.1, 0.15) is 11.1 Å². The molecule has 0 aromatic heterocycles. The zero-order valence-electron chi connectivity index (χ0n) is 10.6. The molecule has 0 atom stereocenters. The van der Waals surface area contributed by atoms with Crippen LogP contribution >= 0.6 is 15.9 Å². The third kappa shape index (κ3) is 3.33. The second-order valence-electron chi connectivity index (χ2n) is 4.28. The van der Waals surface area contributed by atoms with Crippen molar-refractivity contribution in [3.05, 3.63) is 57.8 Å². The van der Waals surface area contributed by atoms with Crippen molar-refractivity contribution in [3.8, 4) is 11.5 Å². The first-order valence-corrected chi connectivity index (χ1v) is 6.82. The lowest BCUT2D eigenvalue weighted by atomic mass is 10.1. The molecular weight excluding hydrogens is 309 g/mol. The van der Waals surface area contributed by atoms with E-state index in [0.29, 0.717) is 17.9 Å². The van der Waals surface area contributed by atoms with Crippen LogP contribution in [0.25, 0.3) is 0 Å². The van der Waals surface area contributed by atoms with Gasteiger partial charge in [0.25, 0.3) is 0 Å². The van der Waals surface area contributed by atoms with Gasteiger partial charge < -0.3 is 10.5 Å². The number of hydrogen-bond donors (Lipinski definition) is 1. The Morgan fingerprint density at radius 3 is 2.74 bits per heavy atom. The highest BCUT2D eigenvalue weighted by Gasteiger charge is 2.08. The molecule has 0 aliphatic rings. The van der Waals surface area contributed by atoms with Crippen LogP contribution in [-0.4, -0.2) is 6.54 Å². The van der Waals surface area contributed by atoms with Crippen LogP contribution in [0.15, 0.2) is 40.9 Å². The van der Waals surface area contributed by atoms with Crippen LogP contribution in [-0.2, 0) is 6.42 Å². The molecule has 0 unspecified atom stereocenters. The van der Waals surface area contributed by atoms with Gasteiger partial charge in [-0.25, -0.2) is 4.39 Å². The molecule has 0 amide bonds. The largest absolute Gasteiger partial charge is 0.454 e. The Morgan fingerprint density at radius 2 is 2.05 bits per heavy atom. The van der Waals surface area contributed by atoms with E-state index in [1.54, 1.807) is 25.1 Å². The van der Waals surface area contributed by atoms with Crippen LogP contribution in [0.4, 0.5) is 4.39 Å². The predicted molar refractivity (Wildman–Crippen MR) is 78.1 cm³/mol. The highest BCUT2D eigenvalue weighted by molar-refractivity contribution is 9.10. The Morgan fingerprint density at radius 1 is 1.26 bits per heavy atom. The fraction of sp³-hybridized carbons (Fsp3) is 0.200. The van der Waals surface area contributed by atoms with Crippen molar-refractivity contribution < 1.29 is 9.13 Å². The minimum absolute atomic E-state index is 0.235. The fourth-order valence-electron chi connectivity index (χ4n) is 1.78. The molecule has 0 saturated heterocycles. The van der Waals surface area contributed by atoms with Gasteiger partial charge in [-0.15, -0.1) is 0 Å². The zero-order chi connectivity index (χ0) is 13.8. The van der Waals surface area contributed by atoms with E-state index in [-0.39, 0.29) is 11.6 Å². The number of benzene rings is 2. The van der Waals surface area contributed by atoms with Crippen LogP contribution in [0, 0.1) is 12.7 Å². The quantitative estimate of drug-likeness (QED) is 0.915. The normalized spacial score (nSPS) is 10.5. The molecule has 0 bridgehead atoms. The highest BCUT2D eigenvalue weighted by Crippen LogP contribution is 2.29. The molecule has 0 aliphatic heterocycles. The third-order valence-electron chi connectivity index (χ3n) is 2.82. The molecule has 2 aromatic rings. The predicted octanol–water partition coefficient (Wildman–Crippen LogP) is 4.19. The number of halogens is 2. The van der Waals surface area contributed by atoms with Crippen LogP contribution in [0.5, 0.6) is 11.5 Å². The van der Waals surface area contributed by atoms with Gasteiger partial charge in [-0.3, -0.25) is 0 Å². The summed E-state index contributed by atoms with van der Waals surface area (Å²) < 4.78 is 20.3. The molecule has 0 spiro atoms. The maximum atomic E-state index is 13.8. The summed E-state index contributed by atoms with van der Waals surface area (Å²) in [6.07, 6.45) is 0.791. The van der Waals surface area contributed by atoms with Crippen molar-refractivity contribution in [1.82, 2.24) is 0 Å². The van der Waals surface area contributed by atoms with E-state index in [9.17, 15) is 4.39 Å². The standard InChI is InChI=1S/C15H15BrFNO/c1-10-3-2-4-14(15(10)17)19-12-6-5-11(7-8-18)13(16)9-12/h2-6,9H,7-8,18H2,1H3. The topological polar surface area (TPSA) is 35.2 Å². The van der Waals surface area contributed by atoms with Crippen molar-refractivity contribution in [3.63, 3.8) is 0 Å². The Bertz CT molecular complexity index is 586. The monoisotopic (exact) mass is 323 g/mol. The van der Waals surface area contributed by atoms with E-state index >= 15 is 0 Å². The van der Waals surface area contributed by atoms with Crippen molar-refractivity contribution in [2.24, 2.45) is 5.73 Å². The van der Waals surface area contributed by atoms with E-state index in [1.165, 1.54) is 0 Å². The van der Waals surface area contributed by atoms with Crippen molar-refractivity contribution in [2.45, 2.75) is 13.3 Å². The molecule has 2 aromatic carbocycles. The number of rotatable bonds is 4. The first kappa shape index (κ1) is 14.0. The minimum atomic E-state index is -0.329. The summed E-state index contributed by atoms with van der Waals surface area (Å²) in [5.41, 5.74) is 7.20. The Kier molecular flexibility index (Phi) is 4.56. The minimum Gasteiger partial charge on any atom is -0.454 e. The summed E-state index contributed by atoms with van der Waals surface area (Å²) in [5, 5.41) is 0. The lowest BCUT2D eigenvalue weighted by Gasteiger charge is -2.10. The lowest BCUT2D eigenvalue weighted by Crippen LogP contribution is -2.03. The molecule has 19 heavy (non-hydrogen) atoms. The lowest BCUT2D eigenvalue weighted by molar-refractivity contribution is 0.439. The van der Waals surface area contributed by atoms with Gasteiger partial charge in [0.15, 0.2) is 11.6 Å². The zero-order valence-corrected chi connectivity index (χ0v) is 12.2. The van der Waals surface area contributed by atoms with Gasteiger partial charge in [0.05, 0.1) is 0 Å². The summed E-state index contributed by atoms with van der Waals surface area (Å²) >= 11 is 3.47. The summed E-state index contributed by atoms with van der Waals surface area (Å²) in [6, 6.07) is 10.7. The molecule has 0 aliphatic carbocycles. The highest BCUT2D eigenvalue weighted by atomic mass is 79.9. The van der Waals surface area contributed by atoms with Crippen LogP contribution in [0.3, 0.4) is 0 Å². The summed E-state index contributed by atoms with van der Waals surface area (Å²) in [7, 11) is 0. The molecule has 0 fully saturated rings. The van der Waals surface area contributed by atoms with E-state index in [2.05, 4.69) is 15.9 Å². The Balaban J connectivity index is 2.24. The summed E-state index contributed by atoms with van der Waals surface area (Å²) in [6.45, 7) is 2.30.